The minimum Gasteiger partial charge on any atom is -0.197 e. The monoisotopic (exact) mass is 120 g/mol. The van der Waals surface area contributed by atoms with E-state index in [-0.39, 0.29) is 13.5 Å². The first kappa shape index (κ1) is 8.86. The van der Waals surface area contributed by atoms with E-state index >= 15 is 0 Å². The van der Waals surface area contributed by atoms with E-state index in [1.165, 1.54) is 0 Å². The van der Waals surface area contributed by atoms with Crippen LogP contribution in [0.5, 0.6) is 0 Å². The second kappa shape index (κ2) is 9.10. The fraction of sp³-hybridized carbons (Fsp3) is 0. The molecule has 0 radical (unpaired) electrons. The molecule has 0 aliphatic rings. The van der Waals surface area contributed by atoms with Crippen molar-refractivity contribution in [2.75, 3.05) is 0 Å². The summed E-state index contributed by atoms with van der Waals surface area (Å²) in [6, 6.07) is 0. The van der Waals surface area contributed by atoms with E-state index in [0.717, 1.165) is 0 Å². The third kappa shape index (κ3) is 13.0. The summed E-state index contributed by atoms with van der Waals surface area (Å²) in [5.41, 5.74) is 0. The Labute approximate surface area is 41.6 Å². The summed E-state index contributed by atoms with van der Waals surface area (Å²) in [5, 5.41) is 0. The zero-order valence-corrected chi connectivity index (χ0v) is 4.18. The lowest BCUT2D eigenvalue weighted by atomic mass is 15.9. The Balaban J connectivity index is 0. The number of hydrogen-bond acceptors (Lipinski definition) is 1. The first-order chi connectivity index (χ1) is 1.41. The predicted octanol–water partition coefficient (Wildman–Crippen LogP) is 1.42. The van der Waals surface area contributed by atoms with Gasteiger partial charge in [0.2, 0.25) is 0 Å². The second-order valence-electron chi connectivity index (χ2n) is 0.0583. The molecule has 4 heavy (non-hydrogen) atoms. The Morgan fingerprint density at radius 1 is 1.25 bits per heavy atom. The Hall–Kier alpha value is 0.890. The van der Waals surface area contributed by atoms with Gasteiger partial charge in [-0.3, -0.25) is 0 Å². The van der Waals surface area contributed by atoms with Crippen molar-refractivity contribution >= 4 is 37.2 Å². The van der Waals surface area contributed by atoms with Crippen LogP contribution < -0.4 is 0 Å². The van der Waals surface area contributed by atoms with Gasteiger partial charge in [-0.25, -0.2) is 0 Å². The highest BCUT2D eigenvalue weighted by atomic mass is 35.6. The summed E-state index contributed by atoms with van der Waals surface area (Å²) in [4.78, 5) is 0. The van der Waals surface area contributed by atoms with Crippen LogP contribution >= 0.6 is 37.2 Å². The topological polar surface area (TPSA) is 9.23 Å². The van der Waals surface area contributed by atoms with Crippen LogP contribution in [0.2, 0.25) is 0 Å². The van der Waals surface area contributed by atoms with Gasteiger partial charge < -0.3 is 0 Å². The number of rotatable bonds is 0. The normalized spacial score (nSPS) is 4.50. The molecular weight excluding hydrogens is 119 g/mol. The molecule has 4 heteroatoms. The van der Waals surface area contributed by atoms with Crippen molar-refractivity contribution in [1.29, 1.82) is 0 Å². The molecule has 0 aliphatic heterocycles. The first-order valence-electron chi connectivity index (χ1n) is 0.309. The van der Waals surface area contributed by atoms with E-state index in [0.29, 0.717) is 0 Å². The average molecular weight is 121 g/mol. The van der Waals surface area contributed by atoms with Gasteiger partial charge in [-0.1, -0.05) is 0 Å². The Morgan fingerprint density at radius 2 is 1.25 bits per heavy atom. The van der Waals surface area contributed by atoms with E-state index in [2.05, 4.69) is 27.6 Å². The fourth-order valence-electron chi connectivity index (χ4n) is 0. The van der Waals surface area contributed by atoms with Crippen LogP contribution in [0.3, 0.4) is 0 Å². The molecule has 0 aliphatic carbocycles. The van der Waals surface area contributed by atoms with E-state index in [4.69, 9.17) is 0 Å². The van der Waals surface area contributed by atoms with Crippen LogP contribution in [0.15, 0.2) is 0 Å². The zero-order chi connectivity index (χ0) is 2.71. The molecule has 0 N–H and O–H groups in total. The molecule has 0 heterocycles. The third-order valence-electron chi connectivity index (χ3n) is 0. The molecule has 0 spiro atoms. The molecule has 0 aromatic rings. The van der Waals surface area contributed by atoms with Crippen molar-refractivity contribution in [3.05, 3.63) is 0 Å². The lowest BCUT2D eigenvalue weighted by Gasteiger charge is -1.46. The molecule has 28 valence electrons. The van der Waals surface area contributed by atoms with Crippen molar-refractivity contribution in [1.82, 2.24) is 0 Å². The van der Waals surface area contributed by atoms with Gasteiger partial charge in [-0.15, -0.1) is 0 Å². The van der Waals surface area contributed by atoms with Gasteiger partial charge >= 0.3 is 0 Å². The van der Waals surface area contributed by atoms with Crippen LogP contribution in [-0.2, 0) is 3.84 Å². The van der Waals surface area contributed by atoms with Gasteiger partial charge in [-0.2, -0.15) is 17.3 Å². The SMILES string of the molecule is ClOCl.S. The summed E-state index contributed by atoms with van der Waals surface area (Å²) >= 11 is 8.53. The van der Waals surface area contributed by atoms with Gasteiger partial charge in [0.05, 0.1) is 23.7 Å². The summed E-state index contributed by atoms with van der Waals surface area (Å²) in [7, 11) is 0. The average Bonchev–Trinajstić information content (AvgIpc) is 0.918. The predicted molar refractivity (Wildman–Crippen MR) is 23.2 cm³/mol. The van der Waals surface area contributed by atoms with Crippen LogP contribution in [0.1, 0.15) is 0 Å². The van der Waals surface area contributed by atoms with Gasteiger partial charge in [0, 0.05) is 0 Å². The molecule has 0 aromatic carbocycles. The Bertz CT molecular complexity index is 6.00. The van der Waals surface area contributed by atoms with E-state index < -0.39 is 0 Å². The maximum absolute atomic E-state index is 4.26. The molecule has 0 rings (SSSR count). The summed E-state index contributed by atoms with van der Waals surface area (Å²) < 4.78 is 3.19. The lowest BCUT2D eigenvalue weighted by Crippen LogP contribution is -1.15. The van der Waals surface area contributed by atoms with Gasteiger partial charge in [0.1, 0.15) is 0 Å². The molecule has 0 atom stereocenters. The van der Waals surface area contributed by atoms with E-state index in [1.807, 2.05) is 0 Å². The zero-order valence-electron chi connectivity index (χ0n) is 1.66. The Kier molecular flexibility index (Phi) is 20.1. The molecule has 0 amide bonds. The maximum atomic E-state index is 4.26. The molecule has 0 saturated carbocycles. The van der Waals surface area contributed by atoms with Crippen molar-refractivity contribution < 1.29 is 3.84 Å². The smallest absolute Gasteiger partial charge is 0.0832 e. The minimum atomic E-state index is 0. The quantitative estimate of drug-likeness (QED) is 0.470. The Morgan fingerprint density at radius 3 is 1.25 bits per heavy atom. The van der Waals surface area contributed by atoms with Gasteiger partial charge in [0.15, 0.2) is 0 Å². The molecule has 0 aromatic heterocycles. The van der Waals surface area contributed by atoms with Crippen LogP contribution in [-0.4, -0.2) is 0 Å². The van der Waals surface area contributed by atoms with Gasteiger partial charge in [0.25, 0.3) is 0 Å². The van der Waals surface area contributed by atoms with Crippen molar-refractivity contribution in [3.63, 3.8) is 0 Å². The van der Waals surface area contributed by atoms with Crippen molar-refractivity contribution in [2.24, 2.45) is 0 Å². The molecule has 0 unspecified atom stereocenters. The van der Waals surface area contributed by atoms with Crippen LogP contribution in [0.25, 0.3) is 0 Å². The first-order valence-corrected chi connectivity index (χ1v) is 0.926. The van der Waals surface area contributed by atoms with Crippen molar-refractivity contribution in [3.8, 4) is 0 Å². The minimum absolute atomic E-state index is 0. The molecule has 0 bridgehead atoms. The standard InChI is InChI=1S/Cl2O.H2S/c1-3-2;/h;1H2. The largest absolute Gasteiger partial charge is 0.197 e. The van der Waals surface area contributed by atoms with E-state index in [1.54, 1.807) is 0 Å². The maximum Gasteiger partial charge on any atom is 0.0832 e. The van der Waals surface area contributed by atoms with Crippen molar-refractivity contribution in [2.45, 2.75) is 0 Å². The molecule has 0 fully saturated rings. The lowest BCUT2D eigenvalue weighted by molar-refractivity contribution is 0.697. The highest BCUT2D eigenvalue weighted by molar-refractivity contribution is 7.59. The summed E-state index contributed by atoms with van der Waals surface area (Å²) in [5.74, 6) is 0. The summed E-state index contributed by atoms with van der Waals surface area (Å²) in [6.45, 7) is 0. The van der Waals surface area contributed by atoms with Gasteiger partial charge in [-0.05, 0) is 0 Å². The molecule has 0 saturated heterocycles. The van der Waals surface area contributed by atoms with E-state index in [9.17, 15) is 0 Å². The highest BCUT2D eigenvalue weighted by Gasteiger charge is 1.38. The van der Waals surface area contributed by atoms with Crippen LogP contribution in [0, 0.1) is 0 Å². The summed E-state index contributed by atoms with van der Waals surface area (Å²) in [6.07, 6.45) is 0. The highest BCUT2D eigenvalue weighted by Crippen LogP contribution is 1.78. The van der Waals surface area contributed by atoms with Crippen LogP contribution in [0.4, 0.5) is 0 Å². The molecule has 1 nitrogen and oxygen atoms in total. The fourth-order valence-corrected chi connectivity index (χ4v) is 0. The third-order valence-corrected chi connectivity index (χ3v) is 0. The number of halogens is 2. The molecular formula is H2Cl2OS. The second-order valence-corrected chi connectivity index (χ2v) is 0.525. The number of hydrogen-bond donors (Lipinski definition) is 0.